The van der Waals surface area contributed by atoms with Crippen molar-refractivity contribution in [1.82, 2.24) is 9.62 Å². The predicted octanol–water partition coefficient (Wildman–Crippen LogP) is 2.70. The number of benzene rings is 1. The van der Waals surface area contributed by atoms with E-state index in [0.29, 0.717) is 31.4 Å². The Morgan fingerprint density at radius 3 is 2.20 bits per heavy atom. The highest BCUT2D eigenvalue weighted by molar-refractivity contribution is 7.99. The van der Waals surface area contributed by atoms with E-state index in [1.165, 1.54) is 12.1 Å². The van der Waals surface area contributed by atoms with Crippen molar-refractivity contribution in [2.75, 3.05) is 19.3 Å². The van der Waals surface area contributed by atoms with Crippen LogP contribution in [0, 0.1) is 0 Å². The van der Waals surface area contributed by atoms with Gasteiger partial charge in [-0.1, -0.05) is 38.3 Å². The van der Waals surface area contributed by atoms with Gasteiger partial charge in [0.2, 0.25) is 15.9 Å². The van der Waals surface area contributed by atoms with Crippen molar-refractivity contribution >= 4 is 30.7 Å². The molecule has 1 aromatic carbocycles. The van der Waals surface area contributed by atoms with Crippen LogP contribution in [0.2, 0.25) is 0 Å². The van der Waals surface area contributed by atoms with Crippen LogP contribution in [-0.2, 0) is 24.7 Å². The molecule has 1 aliphatic carbocycles. The molecule has 30 heavy (non-hydrogen) atoms. The molecule has 7 nitrogen and oxygen atoms in total. The van der Waals surface area contributed by atoms with E-state index in [4.69, 9.17) is 0 Å². The molecule has 1 heterocycles. The highest BCUT2D eigenvalue weighted by Gasteiger charge is 2.49. The third-order valence-electron chi connectivity index (χ3n) is 6.09. The number of likely N-dealkylation sites (N-methyl/N-ethyl adjacent to an activating group) is 1. The normalized spacial score (nSPS) is 20.5. The molecule has 1 amide bonds. The molecule has 1 N–H and O–H groups in total. The second-order valence-corrected chi connectivity index (χ2v) is 11.7. The number of carbonyl (C=O) groups excluding carboxylic acids is 1. The minimum atomic E-state index is -3.79. The van der Waals surface area contributed by atoms with Crippen molar-refractivity contribution in [1.29, 1.82) is 0 Å². The van der Waals surface area contributed by atoms with Crippen molar-refractivity contribution in [3.63, 3.8) is 0 Å². The van der Waals surface area contributed by atoms with Crippen molar-refractivity contribution in [3.8, 4) is 0 Å². The lowest BCUT2D eigenvalue weighted by atomic mass is 9.76. The van der Waals surface area contributed by atoms with Crippen LogP contribution in [0.25, 0.3) is 4.91 Å². The SMILES string of the molecule is CCC(=O)N(CC)CC1=C(c2ccc(S(C)(=O)=O)cc2)S(=O)(=O)NC12CCCCC2. The van der Waals surface area contributed by atoms with E-state index in [1.807, 2.05) is 6.92 Å². The third-order valence-corrected chi connectivity index (χ3v) is 8.90. The van der Waals surface area contributed by atoms with Gasteiger partial charge in [0.1, 0.15) is 0 Å². The molecule has 0 aromatic heterocycles. The van der Waals surface area contributed by atoms with Crippen LogP contribution in [0.1, 0.15) is 57.9 Å². The minimum absolute atomic E-state index is 0.0213. The van der Waals surface area contributed by atoms with Gasteiger partial charge >= 0.3 is 0 Å². The molecule has 0 bridgehead atoms. The molecule has 1 fully saturated rings. The van der Waals surface area contributed by atoms with Crippen molar-refractivity contribution in [3.05, 3.63) is 35.4 Å². The number of hydrogen-bond donors (Lipinski definition) is 1. The minimum Gasteiger partial charge on any atom is -0.339 e. The maximum absolute atomic E-state index is 13.2. The quantitative estimate of drug-likeness (QED) is 0.712. The lowest BCUT2D eigenvalue weighted by Crippen LogP contribution is -2.48. The van der Waals surface area contributed by atoms with Gasteiger partial charge in [-0.05, 0) is 43.0 Å². The largest absolute Gasteiger partial charge is 0.339 e. The van der Waals surface area contributed by atoms with E-state index in [1.54, 1.807) is 24.0 Å². The van der Waals surface area contributed by atoms with Gasteiger partial charge in [-0.25, -0.2) is 21.6 Å². The second-order valence-electron chi connectivity index (χ2n) is 8.11. The zero-order valence-corrected chi connectivity index (χ0v) is 19.4. The van der Waals surface area contributed by atoms with Crippen LogP contribution in [-0.4, -0.2) is 52.5 Å². The lowest BCUT2D eigenvalue weighted by Gasteiger charge is -2.37. The average molecular weight is 455 g/mol. The summed E-state index contributed by atoms with van der Waals surface area (Å²) in [5, 5.41) is 0. The Hall–Kier alpha value is -1.71. The first kappa shape index (κ1) is 23.0. The molecular weight excluding hydrogens is 424 g/mol. The molecule has 1 aliphatic heterocycles. The van der Waals surface area contributed by atoms with Crippen LogP contribution in [0.15, 0.2) is 34.7 Å². The van der Waals surface area contributed by atoms with E-state index in [0.717, 1.165) is 31.1 Å². The highest BCUT2D eigenvalue weighted by Crippen LogP contribution is 2.45. The summed E-state index contributed by atoms with van der Waals surface area (Å²) in [6.45, 7) is 4.43. The first-order valence-corrected chi connectivity index (χ1v) is 13.8. The van der Waals surface area contributed by atoms with E-state index in [2.05, 4.69) is 4.72 Å². The maximum atomic E-state index is 13.2. The van der Waals surface area contributed by atoms with E-state index in [-0.39, 0.29) is 22.3 Å². The van der Waals surface area contributed by atoms with Gasteiger partial charge in [0.15, 0.2) is 9.84 Å². The fourth-order valence-corrected chi connectivity index (χ4v) is 7.11. The van der Waals surface area contributed by atoms with Crippen LogP contribution in [0.5, 0.6) is 0 Å². The van der Waals surface area contributed by atoms with E-state index >= 15 is 0 Å². The molecule has 1 aromatic rings. The zero-order valence-electron chi connectivity index (χ0n) is 17.8. The molecule has 0 saturated heterocycles. The van der Waals surface area contributed by atoms with Gasteiger partial charge in [-0.3, -0.25) is 4.79 Å². The standard InChI is InChI=1S/C21H30N2O5S2/c1-4-19(24)23(5-2)15-18-20(16-9-11-17(12-10-16)29(3,25)26)30(27,28)22-21(18)13-7-6-8-14-21/h9-12,22H,4-8,13-15H2,1-3H3. The summed E-state index contributed by atoms with van der Waals surface area (Å²) in [6.07, 6.45) is 5.76. The predicted molar refractivity (Wildman–Crippen MR) is 117 cm³/mol. The number of rotatable bonds is 6. The summed E-state index contributed by atoms with van der Waals surface area (Å²) in [7, 11) is -7.17. The van der Waals surface area contributed by atoms with Crippen LogP contribution in [0.4, 0.5) is 0 Å². The Morgan fingerprint density at radius 2 is 1.70 bits per heavy atom. The fraction of sp³-hybridized carbons (Fsp3) is 0.571. The molecule has 0 radical (unpaired) electrons. The Bertz CT molecular complexity index is 1050. The monoisotopic (exact) mass is 454 g/mol. The number of nitrogens with one attached hydrogen (secondary N) is 1. The van der Waals surface area contributed by atoms with Gasteiger partial charge in [0.25, 0.3) is 0 Å². The van der Waals surface area contributed by atoms with Gasteiger partial charge in [0.05, 0.1) is 15.3 Å². The van der Waals surface area contributed by atoms with Crippen LogP contribution in [0.3, 0.4) is 0 Å². The van der Waals surface area contributed by atoms with Gasteiger partial charge in [-0.15, -0.1) is 0 Å². The van der Waals surface area contributed by atoms with Crippen LogP contribution >= 0.6 is 0 Å². The summed E-state index contributed by atoms with van der Waals surface area (Å²) in [6, 6.07) is 5.96. The number of amides is 1. The van der Waals surface area contributed by atoms with Gasteiger partial charge < -0.3 is 4.90 Å². The Balaban J connectivity index is 2.17. The molecule has 1 spiro atoms. The summed E-state index contributed by atoms with van der Waals surface area (Å²) >= 11 is 0. The van der Waals surface area contributed by atoms with Crippen LogP contribution < -0.4 is 4.72 Å². The van der Waals surface area contributed by atoms with Crippen molar-refractivity contribution in [2.24, 2.45) is 0 Å². The first-order chi connectivity index (χ1) is 14.0. The molecule has 2 aliphatic rings. The topological polar surface area (TPSA) is 101 Å². The molecule has 3 rings (SSSR count). The Morgan fingerprint density at radius 1 is 1.10 bits per heavy atom. The van der Waals surface area contributed by atoms with Crippen molar-refractivity contribution < 1.29 is 21.6 Å². The van der Waals surface area contributed by atoms with Gasteiger partial charge in [-0.2, -0.15) is 0 Å². The number of sulfonamides is 1. The Labute approximate surface area is 179 Å². The van der Waals surface area contributed by atoms with E-state index in [9.17, 15) is 21.6 Å². The second kappa shape index (κ2) is 8.43. The summed E-state index contributed by atoms with van der Waals surface area (Å²) < 4.78 is 53.0. The summed E-state index contributed by atoms with van der Waals surface area (Å²) in [4.78, 5) is 14.4. The first-order valence-electron chi connectivity index (χ1n) is 10.4. The molecular formula is C21H30N2O5S2. The molecule has 0 atom stereocenters. The molecule has 0 unspecified atom stereocenters. The smallest absolute Gasteiger partial charge is 0.242 e. The number of carbonyl (C=O) groups is 1. The molecule has 1 saturated carbocycles. The third kappa shape index (κ3) is 4.33. The fourth-order valence-electron chi connectivity index (χ4n) is 4.51. The zero-order chi connectivity index (χ0) is 22.2. The number of nitrogens with zero attached hydrogens (tertiary/aromatic N) is 1. The summed E-state index contributed by atoms with van der Waals surface area (Å²) in [5.74, 6) is -0.0213. The van der Waals surface area contributed by atoms with E-state index < -0.39 is 25.4 Å². The summed E-state index contributed by atoms with van der Waals surface area (Å²) in [5.41, 5.74) is 0.494. The molecule has 166 valence electrons. The van der Waals surface area contributed by atoms with Crippen molar-refractivity contribution in [2.45, 2.75) is 62.8 Å². The Kier molecular flexibility index (Phi) is 6.46. The number of sulfone groups is 1. The average Bonchev–Trinajstić information content (AvgIpc) is 2.90. The maximum Gasteiger partial charge on any atom is 0.242 e. The highest BCUT2D eigenvalue weighted by atomic mass is 32.2. The number of hydrogen-bond acceptors (Lipinski definition) is 5. The van der Waals surface area contributed by atoms with Gasteiger partial charge in [0, 0.05) is 25.8 Å². The lowest BCUT2D eigenvalue weighted by molar-refractivity contribution is -0.130. The molecule has 9 heteroatoms.